The molecule has 0 aromatic heterocycles. The lowest BCUT2D eigenvalue weighted by molar-refractivity contribution is -0.255. The van der Waals surface area contributed by atoms with Gasteiger partial charge in [-0.3, -0.25) is 24.0 Å². The van der Waals surface area contributed by atoms with Crippen molar-refractivity contribution in [1.82, 2.24) is 5.32 Å². The van der Waals surface area contributed by atoms with Gasteiger partial charge in [0.15, 0.2) is 0 Å². The summed E-state index contributed by atoms with van der Waals surface area (Å²) in [7, 11) is -13.4. The summed E-state index contributed by atoms with van der Waals surface area (Å²) in [5, 5.41) is 13.5. The molecule has 0 aliphatic rings. The molecule has 0 saturated carbocycles. The topological polar surface area (TPSA) is 346 Å². The first-order valence-corrected chi connectivity index (χ1v) is 38.1. The number of rotatable bonds is 46. The van der Waals surface area contributed by atoms with Crippen molar-refractivity contribution in [3.05, 3.63) is 103 Å². The number of esters is 4. The molecule has 24 heteroatoms. The van der Waals surface area contributed by atoms with E-state index in [9.17, 15) is 72.8 Å². The van der Waals surface area contributed by atoms with Crippen LogP contribution in [0.3, 0.4) is 0 Å². The van der Waals surface area contributed by atoms with Crippen LogP contribution in [0.15, 0.2) is 112 Å². The Balaban J connectivity index is 0.000000639. The summed E-state index contributed by atoms with van der Waals surface area (Å²) < 4.78 is 118. The monoisotopic (exact) mass is 1390 g/mol. The van der Waals surface area contributed by atoms with Crippen molar-refractivity contribution >= 4 is 66.1 Å². The number of carbonyl (C=O) groups excluding carboxylic acids is 6. The van der Waals surface area contributed by atoms with Gasteiger partial charge in [0.25, 0.3) is 0 Å². The quantitative estimate of drug-likeness (QED) is 0.0186. The van der Waals surface area contributed by atoms with Gasteiger partial charge in [0.05, 0.1) is 20.7 Å². The van der Waals surface area contributed by atoms with E-state index in [0.29, 0.717) is 44.4 Å². The third-order valence-electron chi connectivity index (χ3n) is 14.7. The van der Waals surface area contributed by atoms with Crippen LogP contribution in [0.4, 0.5) is 0 Å². The number of benzene rings is 4. The minimum atomic E-state index is -4.51. The standard InChI is InChI=1S/C21H33NO6S.C18H28O5S.C17H24O4.C15H22O5S/c1-2-3-4-5-6-8-11-20(23)22-17-10-7-9-12-21(24)28-18-13-15-19(16-14-18)29(25,26)27;1-2-3-4-5-6-7-8-9-10-11-18(19)23-16-12-14-17(15-13-16)24(20,21)22;1-2-3-4-5-6-7-8-9-16(18)21-15-12-10-14(11-13-15)17(19)20;1-2-3-4-5-6-7-8-15(16)20-13-9-11-14(12-10-13)21(17,18)19/h13-16H,2-12,17H2,1H3,(H,22,23)(H,25,26,27);12-15H,2-11H2,1H3,(H,20,21,22);10-13H,2-9H2,1H3,(H,19,20);9-12H,2-8H2,1H3,(H,17,18,19)/p-4. The van der Waals surface area contributed by atoms with E-state index >= 15 is 0 Å². The number of hydrogen-bond donors (Lipinski definition) is 1. The molecule has 0 heterocycles. The molecule has 0 unspecified atom stereocenters. The van der Waals surface area contributed by atoms with Crippen LogP contribution in [0.2, 0.25) is 0 Å². The fraction of sp³-hybridized carbons (Fsp3) is 0.577. The Bertz CT molecular complexity index is 3100. The highest BCUT2D eigenvalue weighted by Gasteiger charge is 2.11. The lowest BCUT2D eigenvalue weighted by Gasteiger charge is -2.08. The summed E-state index contributed by atoms with van der Waals surface area (Å²) in [5.41, 5.74) is 0.0712. The molecule has 0 bridgehead atoms. The lowest BCUT2D eigenvalue weighted by atomic mass is 10.1. The van der Waals surface area contributed by atoms with E-state index in [2.05, 4.69) is 33.0 Å². The predicted octanol–water partition coefficient (Wildman–Crippen LogP) is 14.7. The molecule has 0 radical (unpaired) electrons. The molecule has 0 atom stereocenters. The van der Waals surface area contributed by atoms with Gasteiger partial charge in [0, 0.05) is 38.6 Å². The number of carboxylic acid groups (broad SMARTS) is 1. The molecular formula is C71H103NO20S3-4. The van der Waals surface area contributed by atoms with E-state index in [4.69, 9.17) is 18.9 Å². The second kappa shape index (κ2) is 52.6. The lowest BCUT2D eigenvalue weighted by Crippen LogP contribution is -2.24. The first kappa shape index (κ1) is 86.4. The Morgan fingerprint density at radius 2 is 0.516 bits per heavy atom. The fourth-order valence-electron chi connectivity index (χ4n) is 9.22. The third-order valence-corrected chi connectivity index (χ3v) is 17.2. The van der Waals surface area contributed by atoms with E-state index < -0.39 is 42.3 Å². The van der Waals surface area contributed by atoms with Crippen molar-refractivity contribution in [2.24, 2.45) is 0 Å². The van der Waals surface area contributed by atoms with Crippen molar-refractivity contribution < 1.29 is 91.7 Å². The first-order valence-electron chi connectivity index (χ1n) is 33.9. The summed E-state index contributed by atoms with van der Waals surface area (Å²) in [4.78, 5) is 67.9. The van der Waals surface area contributed by atoms with Crippen molar-refractivity contribution in [1.29, 1.82) is 0 Å². The van der Waals surface area contributed by atoms with Gasteiger partial charge in [-0.05, 0) is 141 Å². The largest absolute Gasteiger partial charge is 0.744 e. The minimum Gasteiger partial charge on any atom is -0.744 e. The first-order chi connectivity index (χ1) is 45.3. The second-order valence-corrected chi connectivity index (χ2v) is 27.3. The molecule has 4 aromatic rings. The summed E-state index contributed by atoms with van der Waals surface area (Å²) in [6.45, 7) is 9.34. The van der Waals surface area contributed by atoms with Gasteiger partial charge in [-0.1, -0.05) is 188 Å². The normalized spacial score (nSPS) is 11.1. The van der Waals surface area contributed by atoms with Crippen LogP contribution in [-0.4, -0.2) is 81.2 Å². The van der Waals surface area contributed by atoms with E-state index in [1.54, 1.807) is 0 Å². The van der Waals surface area contributed by atoms with E-state index in [1.807, 2.05) is 0 Å². The van der Waals surface area contributed by atoms with Gasteiger partial charge in [-0.15, -0.1) is 0 Å². The number of nitrogens with one attached hydrogen (secondary N) is 1. The molecule has 0 aliphatic heterocycles. The van der Waals surface area contributed by atoms with Crippen molar-refractivity contribution in [2.75, 3.05) is 6.54 Å². The highest BCUT2D eigenvalue weighted by molar-refractivity contribution is 7.86. The van der Waals surface area contributed by atoms with Gasteiger partial charge in [-0.2, -0.15) is 0 Å². The molecule has 0 saturated heterocycles. The molecule has 534 valence electrons. The highest BCUT2D eigenvalue weighted by atomic mass is 32.2. The molecule has 21 nitrogen and oxygen atoms in total. The van der Waals surface area contributed by atoms with Crippen molar-refractivity contribution in [3.8, 4) is 23.0 Å². The summed E-state index contributed by atoms with van der Waals surface area (Å²) in [6.07, 6.45) is 36.2. The maximum absolute atomic E-state index is 11.8. The van der Waals surface area contributed by atoms with Gasteiger partial charge in [0.2, 0.25) is 5.91 Å². The molecule has 4 aromatic carbocycles. The zero-order valence-corrected chi connectivity index (χ0v) is 58.7. The number of carboxylic acids is 1. The third kappa shape index (κ3) is 47.1. The summed E-state index contributed by atoms with van der Waals surface area (Å²) in [6, 6.07) is 20.3. The van der Waals surface area contributed by atoms with Gasteiger partial charge in [-0.25, -0.2) is 25.3 Å². The second-order valence-electron chi connectivity index (χ2n) is 23.1. The SMILES string of the molecule is CCCCCCCCC(=O)NCCCCCC(=O)Oc1ccc(S(=O)(=O)[O-])cc1.CCCCCCCCC(=O)Oc1ccc(S(=O)(=O)[O-])cc1.CCCCCCCCCC(=O)Oc1ccc(C(=O)[O-])cc1.CCCCCCCCCCCC(=O)Oc1ccc(S(=O)(=O)[O-])cc1. The Labute approximate surface area is 565 Å². The van der Waals surface area contributed by atoms with E-state index in [0.717, 1.165) is 120 Å². The minimum absolute atomic E-state index is 0.0712. The maximum Gasteiger partial charge on any atom is 0.311 e. The fourth-order valence-corrected chi connectivity index (χ4v) is 10.6. The Morgan fingerprint density at radius 3 is 0.747 bits per heavy atom. The molecule has 0 aliphatic carbocycles. The van der Waals surface area contributed by atoms with E-state index in [1.165, 1.54) is 170 Å². The van der Waals surface area contributed by atoms with Crippen LogP contribution in [-0.2, 0) is 54.3 Å². The van der Waals surface area contributed by atoms with Crippen molar-refractivity contribution in [3.63, 3.8) is 0 Å². The molecular weight excluding hydrogens is 1280 g/mol. The van der Waals surface area contributed by atoms with Gasteiger partial charge < -0.3 is 47.8 Å². The van der Waals surface area contributed by atoms with Gasteiger partial charge in [0.1, 0.15) is 53.4 Å². The zero-order valence-electron chi connectivity index (χ0n) is 56.3. The Morgan fingerprint density at radius 1 is 0.305 bits per heavy atom. The maximum atomic E-state index is 11.8. The highest BCUT2D eigenvalue weighted by Crippen LogP contribution is 2.21. The Kier molecular flexibility index (Phi) is 47.9. The number of carbonyl (C=O) groups is 6. The number of amides is 1. The summed E-state index contributed by atoms with van der Waals surface area (Å²) >= 11 is 0. The smallest absolute Gasteiger partial charge is 0.311 e. The molecule has 1 amide bonds. The molecule has 0 spiro atoms. The Hall–Kier alpha value is -6.57. The number of ether oxygens (including phenoxy) is 4. The van der Waals surface area contributed by atoms with Gasteiger partial charge >= 0.3 is 23.9 Å². The molecule has 4 rings (SSSR count). The van der Waals surface area contributed by atoms with Crippen LogP contribution in [0.5, 0.6) is 23.0 Å². The van der Waals surface area contributed by atoms with Crippen LogP contribution >= 0.6 is 0 Å². The number of aromatic carboxylic acids is 1. The predicted molar refractivity (Wildman–Crippen MR) is 358 cm³/mol. The van der Waals surface area contributed by atoms with Crippen LogP contribution in [0.1, 0.15) is 269 Å². The average Bonchev–Trinajstić information content (AvgIpc) is 0.961. The number of hydrogen-bond acceptors (Lipinski definition) is 20. The summed E-state index contributed by atoms with van der Waals surface area (Å²) in [5.74, 6) is -1.46. The molecule has 0 fully saturated rings. The molecule has 1 N–H and O–H groups in total. The van der Waals surface area contributed by atoms with Crippen LogP contribution in [0, 0.1) is 0 Å². The van der Waals surface area contributed by atoms with Crippen molar-refractivity contribution in [2.45, 2.75) is 274 Å². The molecule has 95 heavy (non-hydrogen) atoms. The zero-order chi connectivity index (χ0) is 70.6. The van der Waals surface area contributed by atoms with Crippen LogP contribution in [0.25, 0.3) is 0 Å². The number of unbranched alkanes of at least 4 members (excludes halogenated alkanes) is 26. The average molecular weight is 1390 g/mol. The van der Waals surface area contributed by atoms with Crippen LogP contribution < -0.4 is 29.4 Å². The van der Waals surface area contributed by atoms with E-state index in [-0.39, 0.29) is 67.7 Å².